The maximum absolute atomic E-state index is 5.92. The van der Waals surface area contributed by atoms with Crippen molar-refractivity contribution in [3.05, 3.63) is 48.0 Å². The maximum atomic E-state index is 5.92. The molecule has 3 aromatic rings. The molecule has 0 bridgehead atoms. The normalized spacial score (nSPS) is 10.8. The van der Waals surface area contributed by atoms with Crippen LogP contribution in [-0.4, -0.2) is 30.7 Å². The van der Waals surface area contributed by atoms with Gasteiger partial charge in [-0.15, -0.1) is 0 Å². The molecule has 0 aliphatic rings. The standard InChI is InChI=1S/C18H21N5O/c1-23(13-6-8-14(24-2)9-7-13)17-16-12(10-11-19)4-3-5-15(16)21-18(20)22-17/h3-9H,10-11,19H2,1-2H3,(H2,20,21,22). The number of methoxy groups -OCH3 is 1. The van der Waals surface area contributed by atoms with Gasteiger partial charge in [-0.1, -0.05) is 12.1 Å². The summed E-state index contributed by atoms with van der Waals surface area (Å²) in [5, 5.41) is 0.982. The molecule has 124 valence electrons. The first-order valence-corrected chi connectivity index (χ1v) is 7.77. The first kappa shape index (κ1) is 16.0. The summed E-state index contributed by atoms with van der Waals surface area (Å²) in [6, 6.07) is 13.8. The predicted molar refractivity (Wildman–Crippen MR) is 97.8 cm³/mol. The Balaban J connectivity index is 2.15. The zero-order valence-electron chi connectivity index (χ0n) is 13.9. The Morgan fingerprint density at radius 3 is 2.50 bits per heavy atom. The van der Waals surface area contributed by atoms with E-state index in [0.29, 0.717) is 6.54 Å². The van der Waals surface area contributed by atoms with Crippen LogP contribution in [0.3, 0.4) is 0 Å². The van der Waals surface area contributed by atoms with Crippen molar-refractivity contribution in [2.75, 3.05) is 31.3 Å². The number of anilines is 3. The molecule has 3 rings (SSSR count). The van der Waals surface area contributed by atoms with Crippen LogP contribution in [0, 0.1) is 0 Å². The van der Waals surface area contributed by atoms with Gasteiger partial charge in [0.05, 0.1) is 12.6 Å². The third-order valence-corrected chi connectivity index (χ3v) is 4.00. The Labute approximate surface area is 141 Å². The summed E-state index contributed by atoms with van der Waals surface area (Å²) < 4.78 is 5.22. The predicted octanol–water partition coefficient (Wildman–Crippen LogP) is 2.49. The average molecular weight is 323 g/mol. The highest BCUT2D eigenvalue weighted by Gasteiger charge is 2.15. The molecule has 0 aliphatic heterocycles. The quantitative estimate of drug-likeness (QED) is 0.750. The highest BCUT2D eigenvalue weighted by Crippen LogP contribution is 2.32. The summed E-state index contributed by atoms with van der Waals surface area (Å²) in [4.78, 5) is 10.8. The second-order valence-corrected chi connectivity index (χ2v) is 5.51. The Morgan fingerprint density at radius 2 is 1.83 bits per heavy atom. The fraction of sp³-hybridized carbons (Fsp3) is 0.222. The fourth-order valence-electron chi connectivity index (χ4n) is 2.79. The lowest BCUT2D eigenvalue weighted by Gasteiger charge is -2.22. The molecule has 0 fully saturated rings. The summed E-state index contributed by atoms with van der Waals surface area (Å²) in [5.41, 5.74) is 14.6. The molecule has 0 atom stereocenters. The number of aromatic nitrogens is 2. The second kappa shape index (κ2) is 6.72. The number of hydrogen-bond donors (Lipinski definition) is 2. The van der Waals surface area contributed by atoms with Crippen molar-refractivity contribution in [1.82, 2.24) is 9.97 Å². The molecule has 1 heterocycles. The van der Waals surface area contributed by atoms with Crippen LogP contribution in [0.15, 0.2) is 42.5 Å². The molecule has 0 saturated carbocycles. The minimum atomic E-state index is 0.253. The van der Waals surface area contributed by atoms with Crippen molar-refractivity contribution in [1.29, 1.82) is 0 Å². The van der Waals surface area contributed by atoms with Crippen molar-refractivity contribution in [2.45, 2.75) is 6.42 Å². The molecule has 6 heteroatoms. The van der Waals surface area contributed by atoms with Crippen molar-refractivity contribution in [3.63, 3.8) is 0 Å². The number of ether oxygens (including phenoxy) is 1. The van der Waals surface area contributed by atoms with E-state index in [9.17, 15) is 0 Å². The Morgan fingerprint density at radius 1 is 1.08 bits per heavy atom. The van der Waals surface area contributed by atoms with Crippen molar-refractivity contribution < 1.29 is 4.74 Å². The minimum Gasteiger partial charge on any atom is -0.497 e. The lowest BCUT2D eigenvalue weighted by molar-refractivity contribution is 0.415. The third kappa shape index (κ3) is 2.96. The van der Waals surface area contributed by atoms with Crippen molar-refractivity contribution in [3.8, 4) is 5.75 Å². The Kier molecular flexibility index (Phi) is 4.48. The smallest absolute Gasteiger partial charge is 0.222 e. The molecule has 0 radical (unpaired) electrons. The first-order chi connectivity index (χ1) is 11.6. The summed E-state index contributed by atoms with van der Waals surface area (Å²) in [6.07, 6.45) is 0.758. The van der Waals surface area contributed by atoms with Crippen LogP contribution >= 0.6 is 0 Å². The average Bonchev–Trinajstić information content (AvgIpc) is 2.60. The number of rotatable bonds is 5. The number of nitrogens with zero attached hydrogens (tertiary/aromatic N) is 3. The number of nitrogen functional groups attached to an aromatic ring is 1. The molecule has 0 aliphatic carbocycles. The van der Waals surface area contributed by atoms with E-state index in [4.69, 9.17) is 16.2 Å². The molecule has 1 aromatic heterocycles. The lowest BCUT2D eigenvalue weighted by atomic mass is 10.1. The Hall–Kier alpha value is -2.86. The SMILES string of the molecule is COc1ccc(N(C)c2nc(N)nc3cccc(CCN)c23)cc1. The van der Waals surface area contributed by atoms with Crippen LogP contribution in [0.5, 0.6) is 5.75 Å². The van der Waals surface area contributed by atoms with Gasteiger partial charge in [-0.25, -0.2) is 4.98 Å². The zero-order chi connectivity index (χ0) is 17.1. The van der Waals surface area contributed by atoms with Gasteiger partial charge in [-0.05, 0) is 48.9 Å². The number of benzene rings is 2. The number of fused-ring (bicyclic) bond motifs is 1. The summed E-state index contributed by atoms with van der Waals surface area (Å²) >= 11 is 0. The summed E-state index contributed by atoms with van der Waals surface area (Å²) in [6.45, 7) is 0.565. The van der Waals surface area contributed by atoms with Crippen LogP contribution in [0.25, 0.3) is 10.9 Å². The van der Waals surface area contributed by atoms with Gasteiger partial charge in [0, 0.05) is 18.1 Å². The number of hydrogen-bond acceptors (Lipinski definition) is 6. The minimum absolute atomic E-state index is 0.253. The molecule has 6 nitrogen and oxygen atoms in total. The highest BCUT2D eigenvalue weighted by atomic mass is 16.5. The van der Waals surface area contributed by atoms with E-state index < -0.39 is 0 Å². The molecular formula is C18H21N5O. The van der Waals surface area contributed by atoms with E-state index >= 15 is 0 Å². The molecule has 0 spiro atoms. The Bertz CT molecular complexity index is 848. The third-order valence-electron chi connectivity index (χ3n) is 4.00. The topological polar surface area (TPSA) is 90.3 Å². The van der Waals surface area contributed by atoms with E-state index in [1.165, 1.54) is 0 Å². The molecule has 0 amide bonds. The van der Waals surface area contributed by atoms with Crippen molar-refractivity contribution in [2.24, 2.45) is 5.73 Å². The number of nitrogens with two attached hydrogens (primary N) is 2. The van der Waals surface area contributed by atoms with E-state index in [-0.39, 0.29) is 5.95 Å². The monoisotopic (exact) mass is 323 g/mol. The van der Waals surface area contributed by atoms with Gasteiger partial charge < -0.3 is 21.1 Å². The van der Waals surface area contributed by atoms with Gasteiger partial charge in [0.25, 0.3) is 0 Å². The van der Waals surface area contributed by atoms with Gasteiger partial charge >= 0.3 is 0 Å². The van der Waals surface area contributed by atoms with Crippen LogP contribution in [0.2, 0.25) is 0 Å². The van der Waals surface area contributed by atoms with Crippen LogP contribution in [0.1, 0.15) is 5.56 Å². The van der Waals surface area contributed by atoms with E-state index in [1.54, 1.807) is 7.11 Å². The summed E-state index contributed by atoms with van der Waals surface area (Å²) in [7, 11) is 3.61. The fourth-order valence-corrected chi connectivity index (χ4v) is 2.79. The zero-order valence-corrected chi connectivity index (χ0v) is 13.9. The van der Waals surface area contributed by atoms with Gasteiger partial charge in [-0.2, -0.15) is 4.98 Å². The van der Waals surface area contributed by atoms with Gasteiger partial charge in [0.15, 0.2) is 0 Å². The van der Waals surface area contributed by atoms with E-state index in [2.05, 4.69) is 16.0 Å². The molecule has 0 saturated heterocycles. The van der Waals surface area contributed by atoms with E-state index in [0.717, 1.165) is 40.1 Å². The lowest BCUT2D eigenvalue weighted by Crippen LogP contribution is -2.14. The first-order valence-electron chi connectivity index (χ1n) is 7.77. The van der Waals surface area contributed by atoms with Crippen LogP contribution in [-0.2, 0) is 6.42 Å². The molecule has 2 aromatic carbocycles. The summed E-state index contributed by atoms with van der Waals surface area (Å²) in [5.74, 6) is 1.83. The molecular weight excluding hydrogens is 302 g/mol. The van der Waals surface area contributed by atoms with Gasteiger partial charge in [0.2, 0.25) is 5.95 Å². The van der Waals surface area contributed by atoms with Crippen molar-refractivity contribution >= 4 is 28.4 Å². The molecule has 24 heavy (non-hydrogen) atoms. The second-order valence-electron chi connectivity index (χ2n) is 5.51. The highest BCUT2D eigenvalue weighted by molar-refractivity contribution is 5.95. The van der Waals surface area contributed by atoms with E-state index in [1.807, 2.05) is 48.3 Å². The van der Waals surface area contributed by atoms with Gasteiger partial charge in [-0.3, -0.25) is 0 Å². The largest absolute Gasteiger partial charge is 0.497 e. The molecule has 0 unspecified atom stereocenters. The van der Waals surface area contributed by atoms with Crippen LogP contribution < -0.4 is 21.1 Å². The van der Waals surface area contributed by atoms with Crippen LogP contribution in [0.4, 0.5) is 17.5 Å². The molecule has 4 N–H and O–H groups in total. The van der Waals surface area contributed by atoms with Gasteiger partial charge in [0.1, 0.15) is 11.6 Å². The maximum Gasteiger partial charge on any atom is 0.222 e.